The summed E-state index contributed by atoms with van der Waals surface area (Å²) >= 11 is 0. The Kier molecular flexibility index (Phi) is 2.34. The van der Waals surface area contributed by atoms with E-state index in [1.807, 2.05) is 0 Å². The number of nitrogen functional groups attached to an aromatic ring is 1. The molecule has 0 atom stereocenters. The van der Waals surface area contributed by atoms with E-state index in [-0.39, 0.29) is 23.2 Å². The first-order valence-corrected chi connectivity index (χ1v) is 5.09. The Morgan fingerprint density at radius 1 is 1.53 bits per heavy atom. The van der Waals surface area contributed by atoms with Gasteiger partial charge in [0, 0.05) is 5.54 Å². The van der Waals surface area contributed by atoms with E-state index < -0.39 is 0 Å². The standard InChI is InChI=1S/C9H15N5O/c1-9(4-2-3-5-9)12-7(15)6-11-8(10)14-13-6/h2-5H2,1H3,(H,12,15)(H3,10,11,13,14). The van der Waals surface area contributed by atoms with Crippen molar-refractivity contribution in [3.8, 4) is 0 Å². The molecule has 15 heavy (non-hydrogen) atoms. The normalized spacial score (nSPS) is 19.0. The van der Waals surface area contributed by atoms with Gasteiger partial charge in [-0.05, 0) is 19.8 Å². The molecule has 1 saturated carbocycles. The van der Waals surface area contributed by atoms with Crippen LogP contribution in [0.3, 0.4) is 0 Å². The minimum atomic E-state index is -0.233. The lowest BCUT2D eigenvalue weighted by Crippen LogP contribution is -2.44. The van der Waals surface area contributed by atoms with Crippen LogP contribution in [-0.4, -0.2) is 26.6 Å². The topological polar surface area (TPSA) is 96.7 Å². The highest BCUT2D eigenvalue weighted by atomic mass is 16.2. The minimum absolute atomic E-state index is 0.0942. The van der Waals surface area contributed by atoms with E-state index >= 15 is 0 Å². The summed E-state index contributed by atoms with van der Waals surface area (Å²) in [5.74, 6) is 0.0425. The molecule has 1 aliphatic carbocycles. The van der Waals surface area contributed by atoms with Crippen LogP contribution in [0.5, 0.6) is 0 Å². The number of hydrogen-bond acceptors (Lipinski definition) is 4. The van der Waals surface area contributed by atoms with Crippen LogP contribution in [0.15, 0.2) is 0 Å². The van der Waals surface area contributed by atoms with Crippen LogP contribution in [0.4, 0.5) is 5.95 Å². The lowest BCUT2D eigenvalue weighted by atomic mass is 10.0. The molecule has 1 aromatic heterocycles. The van der Waals surface area contributed by atoms with Gasteiger partial charge in [-0.1, -0.05) is 12.8 Å². The summed E-state index contributed by atoms with van der Waals surface area (Å²) in [7, 11) is 0. The first kappa shape index (κ1) is 9.95. The van der Waals surface area contributed by atoms with Crippen LogP contribution in [0.2, 0.25) is 0 Å². The van der Waals surface area contributed by atoms with Crippen molar-refractivity contribution in [2.75, 3.05) is 5.73 Å². The van der Waals surface area contributed by atoms with Crippen LogP contribution >= 0.6 is 0 Å². The highest BCUT2D eigenvalue weighted by molar-refractivity contribution is 5.91. The highest BCUT2D eigenvalue weighted by Gasteiger charge is 2.31. The van der Waals surface area contributed by atoms with Gasteiger partial charge in [0.15, 0.2) is 0 Å². The second kappa shape index (κ2) is 3.52. The molecule has 1 heterocycles. The lowest BCUT2D eigenvalue weighted by molar-refractivity contribution is 0.0898. The summed E-state index contributed by atoms with van der Waals surface area (Å²) in [5.41, 5.74) is 5.23. The number of nitrogens with zero attached hydrogens (tertiary/aromatic N) is 2. The Hall–Kier alpha value is -1.59. The zero-order valence-electron chi connectivity index (χ0n) is 8.71. The van der Waals surface area contributed by atoms with Gasteiger partial charge in [0.2, 0.25) is 11.8 Å². The van der Waals surface area contributed by atoms with Crippen molar-refractivity contribution >= 4 is 11.9 Å². The van der Waals surface area contributed by atoms with Gasteiger partial charge < -0.3 is 11.1 Å². The Bertz CT molecular complexity index is 366. The molecule has 1 aromatic rings. The fourth-order valence-electron chi connectivity index (χ4n) is 1.99. The number of aromatic amines is 1. The van der Waals surface area contributed by atoms with Crippen LogP contribution in [0, 0.1) is 0 Å². The Balaban J connectivity index is 2.03. The fourth-order valence-corrected chi connectivity index (χ4v) is 1.99. The van der Waals surface area contributed by atoms with Crippen molar-refractivity contribution in [2.24, 2.45) is 0 Å². The van der Waals surface area contributed by atoms with Crippen molar-refractivity contribution in [1.82, 2.24) is 20.5 Å². The maximum absolute atomic E-state index is 11.7. The average molecular weight is 209 g/mol. The maximum atomic E-state index is 11.7. The quantitative estimate of drug-likeness (QED) is 0.658. The van der Waals surface area contributed by atoms with E-state index in [0.717, 1.165) is 25.7 Å². The SMILES string of the molecule is CC1(NC(=O)c2nc(N)n[nH]2)CCCC1. The summed E-state index contributed by atoms with van der Waals surface area (Å²) in [6.45, 7) is 2.05. The zero-order chi connectivity index (χ0) is 10.9. The number of anilines is 1. The Morgan fingerprint density at radius 2 is 2.20 bits per heavy atom. The second-order valence-electron chi connectivity index (χ2n) is 4.26. The predicted octanol–water partition coefficient (Wildman–Crippen LogP) is 0.449. The number of nitrogens with two attached hydrogens (primary N) is 1. The third-order valence-corrected chi connectivity index (χ3v) is 2.84. The average Bonchev–Trinajstić information content (AvgIpc) is 2.75. The smallest absolute Gasteiger partial charge is 0.289 e. The van der Waals surface area contributed by atoms with Gasteiger partial charge in [0.05, 0.1) is 0 Å². The molecule has 0 bridgehead atoms. The van der Waals surface area contributed by atoms with Gasteiger partial charge in [-0.15, -0.1) is 5.10 Å². The van der Waals surface area contributed by atoms with Gasteiger partial charge in [0.25, 0.3) is 5.91 Å². The molecular formula is C9H15N5O. The minimum Gasteiger partial charge on any atom is -0.366 e. The van der Waals surface area contributed by atoms with Crippen molar-refractivity contribution in [1.29, 1.82) is 0 Å². The Labute approximate surface area is 87.6 Å². The molecule has 0 saturated heterocycles. The van der Waals surface area contributed by atoms with Crippen LogP contribution < -0.4 is 11.1 Å². The molecule has 0 aliphatic heterocycles. The molecule has 0 spiro atoms. The summed E-state index contributed by atoms with van der Waals surface area (Å²) in [6, 6.07) is 0. The number of aromatic nitrogens is 3. The number of rotatable bonds is 2. The molecule has 0 aromatic carbocycles. The monoisotopic (exact) mass is 209 g/mol. The summed E-state index contributed by atoms with van der Waals surface area (Å²) in [5, 5.41) is 9.07. The van der Waals surface area contributed by atoms with Crippen LogP contribution in [-0.2, 0) is 0 Å². The number of hydrogen-bond donors (Lipinski definition) is 3. The predicted molar refractivity (Wildman–Crippen MR) is 55.1 cm³/mol. The number of carbonyl (C=O) groups is 1. The Morgan fingerprint density at radius 3 is 2.73 bits per heavy atom. The molecule has 2 rings (SSSR count). The third kappa shape index (κ3) is 2.08. The van der Waals surface area contributed by atoms with Gasteiger partial charge in [-0.3, -0.25) is 9.89 Å². The molecule has 0 unspecified atom stereocenters. The number of H-pyrrole nitrogens is 1. The summed E-state index contributed by atoms with van der Waals surface area (Å²) in [4.78, 5) is 15.5. The van der Waals surface area contributed by atoms with Gasteiger partial charge in [0.1, 0.15) is 0 Å². The van der Waals surface area contributed by atoms with E-state index in [2.05, 4.69) is 27.4 Å². The van der Waals surface area contributed by atoms with E-state index in [1.165, 1.54) is 0 Å². The van der Waals surface area contributed by atoms with E-state index in [9.17, 15) is 4.79 Å². The number of nitrogens with one attached hydrogen (secondary N) is 2. The number of carbonyl (C=O) groups excluding carboxylic acids is 1. The molecule has 4 N–H and O–H groups in total. The van der Waals surface area contributed by atoms with E-state index in [0.29, 0.717) is 0 Å². The first-order valence-electron chi connectivity index (χ1n) is 5.09. The van der Waals surface area contributed by atoms with Crippen molar-refractivity contribution in [2.45, 2.75) is 38.1 Å². The molecule has 1 fully saturated rings. The van der Waals surface area contributed by atoms with Gasteiger partial charge >= 0.3 is 0 Å². The molecule has 0 radical (unpaired) electrons. The van der Waals surface area contributed by atoms with Crippen LogP contribution in [0.1, 0.15) is 43.2 Å². The van der Waals surface area contributed by atoms with Crippen molar-refractivity contribution in [3.05, 3.63) is 5.82 Å². The molecule has 82 valence electrons. The molecule has 6 nitrogen and oxygen atoms in total. The van der Waals surface area contributed by atoms with E-state index in [4.69, 9.17) is 5.73 Å². The van der Waals surface area contributed by atoms with Gasteiger partial charge in [-0.2, -0.15) is 4.98 Å². The fraction of sp³-hybridized carbons (Fsp3) is 0.667. The van der Waals surface area contributed by atoms with Crippen LogP contribution in [0.25, 0.3) is 0 Å². The molecule has 1 aliphatic rings. The first-order chi connectivity index (χ1) is 7.09. The number of amides is 1. The lowest BCUT2D eigenvalue weighted by Gasteiger charge is -2.24. The third-order valence-electron chi connectivity index (χ3n) is 2.84. The summed E-state index contributed by atoms with van der Waals surface area (Å²) < 4.78 is 0. The van der Waals surface area contributed by atoms with Gasteiger partial charge in [-0.25, -0.2) is 0 Å². The molecular weight excluding hydrogens is 194 g/mol. The summed E-state index contributed by atoms with van der Waals surface area (Å²) in [6.07, 6.45) is 4.36. The van der Waals surface area contributed by atoms with E-state index in [1.54, 1.807) is 0 Å². The maximum Gasteiger partial charge on any atom is 0.289 e. The molecule has 1 amide bonds. The zero-order valence-corrected chi connectivity index (χ0v) is 8.71. The largest absolute Gasteiger partial charge is 0.366 e. The highest BCUT2D eigenvalue weighted by Crippen LogP contribution is 2.28. The molecule has 6 heteroatoms. The van der Waals surface area contributed by atoms with Crippen molar-refractivity contribution < 1.29 is 4.79 Å². The second-order valence-corrected chi connectivity index (χ2v) is 4.26. The van der Waals surface area contributed by atoms with Crippen molar-refractivity contribution in [3.63, 3.8) is 0 Å².